The minimum atomic E-state index is -0.100. The minimum Gasteiger partial charge on any atom is -0.496 e. The van der Waals surface area contributed by atoms with Crippen molar-refractivity contribution in [1.82, 2.24) is 24.7 Å². The molecule has 0 bridgehead atoms. The lowest BCUT2D eigenvalue weighted by Crippen LogP contribution is -2.11. The molecule has 5 rings (SSSR count). The van der Waals surface area contributed by atoms with Gasteiger partial charge < -0.3 is 14.0 Å². The average Bonchev–Trinajstić information content (AvgIpc) is 3.37. The zero-order chi connectivity index (χ0) is 23.1. The maximum atomic E-state index is 5.93. The van der Waals surface area contributed by atoms with Crippen molar-refractivity contribution in [1.29, 1.82) is 0 Å². The summed E-state index contributed by atoms with van der Waals surface area (Å²) in [6.45, 7) is 8.36. The Bertz CT molecular complexity index is 1440. The largest absolute Gasteiger partial charge is 0.496 e. The Labute approximate surface area is 191 Å². The van der Waals surface area contributed by atoms with Gasteiger partial charge >= 0.3 is 0 Å². The van der Waals surface area contributed by atoms with Gasteiger partial charge in [-0.3, -0.25) is 14.5 Å². The Balaban J connectivity index is 1.82. The molecule has 8 nitrogen and oxygen atoms in total. The van der Waals surface area contributed by atoms with Gasteiger partial charge in [0, 0.05) is 17.1 Å². The number of hydrogen-bond acceptors (Lipinski definition) is 7. The lowest BCUT2D eigenvalue weighted by molar-refractivity contribution is 0.294. The molecule has 0 saturated carbocycles. The molecule has 0 aliphatic heterocycles. The molecule has 8 heteroatoms. The molecular formula is C25H25N5O3. The van der Waals surface area contributed by atoms with Crippen LogP contribution in [0.1, 0.15) is 37.0 Å². The van der Waals surface area contributed by atoms with Crippen LogP contribution in [0.4, 0.5) is 0 Å². The van der Waals surface area contributed by atoms with Crippen molar-refractivity contribution in [2.45, 2.75) is 33.7 Å². The molecular weight excluding hydrogens is 418 g/mol. The maximum Gasteiger partial charge on any atom is 0.298 e. The summed E-state index contributed by atoms with van der Waals surface area (Å²) in [6, 6.07) is 10.4. The van der Waals surface area contributed by atoms with Crippen LogP contribution < -0.4 is 9.47 Å². The van der Waals surface area contributed by atoms with E-state index in [1.807, 2.05) is 51.1 Å². The molecule has 0 aliphatic rings. The first kappa shape index (κ1) is 20.9. The van der Waals surface area contributed by atoms with Crippen molar-refractivity contribution >= 4 is 21.9 Å². The highest BCUT2D eigenvalue weighted by Crippen LogP contribution is 2.40. The van der Waals surface area contributed by atoms with E-state index in [1.54, 1.807) is 19.5 Å². The maximum absolute atomic E-state index is 5.93. The number of imidazole rings is 1. The number of benzene rings is 1. The summed E-state index contributed by atoms with van der Waals surface area (Å²) in [6.07, 6.45) is 3.58. The van der Waals surface area contributed by atoms with Crippen LogP contribution in [0, 0.1) is 13.8 Å². The highest BCUT2D eigenvalue weighted by atomic mass is 16.5. The van der Waals surface area contributed by atoms with Gasteiger partial charge in [-0.05, 0) is 52.0 Å². The molecule has 0 saturated heterocycles. The van der Waals surface area contributed by atoms with Gasteiger partial charge in [-0.15, -0.1) is 0 Å². The van der Waals surface area contributed by atoms with E-state index in [-0.39, 0.29) is 6.04 Å². The molecule has 4 aromatic heterocycles. The Morgan fingerprint density at radius 1 is 1.12 bits per heavy atom. The van der Waals surface area contributed by atoms with Crippen molar-refractivity contribution in [2.75, 3.05) is 13.7 Å². The van der Waals surface area contributed by atoms with E-state index in [2.05, 4.69) is 21.6 Å². The second kappa shape index (κ2) is 8.20. The first-order valence-corrected chi connectivity index (χ1v) is 10.9. The fourth-order valence-electron chi connectivity index (χ4n) is 4.36. The standard InChI is InChI=1S/C25H25N5O3/c1-6-32-25-28-21-13-27-20-11-18(23-14(2)29-33-16(23)4)22(31-5)12-17(20)24(21)30(25)15(3)19-9-7-8-10-26-19/h7-13,15H,6H2,1-5H3/t15-/m1/s1. The number of aromatic nitrogens is 5. The monoisotopic (exact) mass is 443 g/mol. The van der Waals surface area contributed by atoms with Crippen molar-refractivity contribution in [3.63, 3.8) is 0 Å². The number of fused-ring (bicyclic) bond motifs is 3. The quantitative estimate of drug-likeness (QED) is 0.353. The Kier molecular flexibility index (Phi) is 5.20. The number of pyridine rings is 2. The highest BCUT2D eigenvalue weighted by Gasteiger charge is 2.24. The minimum absolute atomic E-state index is 0.100. The predicted molar refractivity (Wildman–Crippen MR) is 126 cm³/mol. The van der Waals surface area contributed by atoms with Crippen LogP contribution >= 0.6 is 0 Å². The van der Waals surface area contributed by atoms with Gasteiger partial charge in [0.25, 0.3) is 6.01 Å². The van der Waals surface area contributed by atoms with E-state index in [0.29, 0.717) is 18.4 Å². The number of aryl methyl sites for hydroxylation is 2. The third-order valence-electron chi connectivity index (χ3n) is 5.88. The molecule has 0 radical (unpaired) electrons. The zero-order valence-electron chi connectivity index (χ0n) is 19.3. The molecule has 4 heterocycles. The molecule has 1 aromatic carbocycles. The van der Waals surface area contributed by atoms with E-state index in [4.69, 9.17) is 24.0 Å². The zero-order valence-corrected chi connectivity index (χ0v) is 19.3. The Morgan fingerprint density at radius 2 is 1.97 bits per heavy atom. The lowest BCUT2D eigenvalue weighted by atomic mass is 10.0. The molecule has 168 valence electrons. The SMILES string of the molecule is CCOc1nc2cnc3cc(-c4c(C)noc4C)c(OC)cc3c2n1[C@H](C)c1ccccn1. The topological polar surface area (TPSA) is 88.1 Å². The molecule has 0 unspecified atom stereocenters. The molecule has 0 amide bonds. The summed E-state index contributed by atoms with van der Waals surface area (Å²) >= 11 is 0. The second-order valence-electron chi connectivity index (χ2n) is 7.89. The van der Waals surface area contributed by atoms with Gasteiger partial charge in [0.05, 0.1) is 53.9 Å². The summed E-state index contributed by atoms with van der Waals surface area (Å²) < 4.78 is 19.2. The summed E-state index contributed by atoms with van der Waals surface area (Å²) in [7, 11) is 1.66. The number of nitrogens with zero attached hydrogens (tertiary/aromatic N) is 5. The third-order valence-corrected chi connectivity index (χ3v) is 5.88. The first-order chi connectivity index (χ1) is 16.0. The van der Waals surface area contributed by atoms with Crippen LogP contribution in [0.15, 0.2) is 47.2 Å². The molecule has 33 heavy (non-hydrogen) atoms. The van der Waals surface area contributed by atoms with E-state index >= 15 is 0 Å². The molecule has 0 N–H and O–H groups in total. The van der Waals surface area contributed by atoms with Gasteiger partial charge in [-0.2, -0.15) is 4.98 Å². The van der Waals surface area contributed by atoms with E-state index in [1.165, 1.54) is 0 Å². The molecule has 5 aromatic rings. The van der Waals surface area contributed by atoms with Gasteiger partial charge in [0.15, 0.2) is 0 Å². The van der Waals surface area contributed by atoms with Crippen LogP contribution in [0.25, 0.3) is 33.1 Å². The summed E-state index contributed by atoms with van der Waals surface area (Å²) in [5.41, 5.74) is 6.02. The Hall–Kier alpha value is -3.94. The van der Waals surface area contributed by atoms with Crippen LogP contribution in [-0.2, 0) is 0 Å². The number of rotatable bonds is 6. The van der Waals surface area contributed by atoms with Crippen LogP contribution in [0.3, 0.4) is 0 Å². The van der Waals surface area contributed by atoms with Crippen LogP contribution in [0.2, 0.25) is 0 Å². The normalized spacial score (nSPS) is 12.4. The molecule has 0 spiro atoms. The van der Waals surface area contributed by atoms with Gasteiger partial charge in [0.2, 0.25) is 0 Å². The van der Waals surface area contributed by atoms with Gasteiger partial charge in [-0.1, -0.05) is 11.2 Å². The van der Waals surface area contributed by atoms with E-state index < -0.39 is 0 Å². The smallest absolute Gasteiger partial charge is 0.298 e. The fraction of sp³-hybridized carbons (Fsp3) is 0.280. The lowest BCUT2D eigenvalue weighted by Gasteiger charge is -2.18. The third kappa shape index (κ3) is 3.38. The summed E-state index contributed by atoms with van der Waals surface area (Å²) in [5, 5.41) is 5.02. The second-order valence-corrected chi connectivity index (χ2v) is 7.89. The van der Waals surface area contributed by atoms with E-state index in [0.717, 1.165) is 50.2 Å². The average molecular weight is 444 g/mol. The van der Waals surface area contributed by atoms with Crippen LogP contribution in [-0.4, -0.2) is 38.4 Å². The molecule has 1 atom stereocenters. The number of ether oxygens (including phenoxy) is 2. The van der Waals surface area contributed by atoms with Crippen molar-refractivity contribution in [3.05, 3.63) is 59.9 Å². The number of methoxy groups -OCH3 is 1. The van der Waals surface area contributed by atoms with Crippen molar-refractivity contribution in [2.24, 2.45) is 0 Å². The molecule has 0 fully saturated rings. The fourth-order valence-corrected chi connectivity index (χ4v) is 4.36. The van der Waals surface area contributed by atoms with E-state index in [9.17, 15) is 0 Å². The first-order valence-electron chi connectivity index (χ1n) is 10.9. The highest BCUT2D eigenvalue weighted by molar-refractivity contribution is 6.05. The van der Waals surface area contributed by atoms with Gasteiger partial charge in [-0.25, -0.2) is 0 Å². The summed E-state index contributed by atoms with van der Waals surface area (Å²) in [4.78, 5) is 14.0. The number of hydrogen-bond donors (Lipinski definition) is 0. The summed E-state index contributed by atoms with van der Waals surface area (Å²) in [5.74, 6) is 1.45. The van der Waals surface area contributed by atoms with Gasteiger partial charge in [0.1, 0.15) is 17.0 Å². The predicted octanol–water partition coefficient (Wildman–Crippen LogP) is 5.27. The molecule has 0 aliphatic carbocycles. The van der Waals surface area contributed by atoms with Crippen molar-refractivity contribution < 1.29 is 14.0 Å². The van der Waals surface area contributed by atoms with Crippen LogP contribution in [0.5, 0.6) is 11.8 Å². The van der Waals surface area contributed by atoms with Crippen molar-refractivity contribution in [3.8, 4) is 22.9 Å². The Morgan fingerprint density at radius 3 is 2.64 bits per heavy atom.